The largest absolute Gasteiger partial charge is 0.332 e. The highest BCUT2D eigenvalue weighted by Gasteiger charge is 2.38. The zero-order valence-electron chi connectivity index (χ0n) is 14.4. The minimum absolute atomic E-state index is 0.0336. The van der Waals surface area contributed by atoms with Gasteiger partial charge in [-0.2, -0.15) is 0 Å². The average molecular weight is 361 g/mol. The molecule has 138 valence electrons. The molecule has 4 rings (SSSR count). The van der Waals surface area contributed by atoms with Crippen LogP contribution in [-0.4, -0.2) is 33.3 Å². The number of aromatic nitrogens is 2. The highest BCUT2D eigenvalue weighted by molar-refractivity contribution is 5.81. The Morgan fingerprint density at radius 2 is 1.96 bits per heavy atom. The Labute approximate surface area is 149 Å². The molecule has 1 unspecified atom stereocenters. The summed E-state index contributed by atoms with van der Waals surface area (Å²) in [7, 11) is 0. The maximum absolute atomic E-state index is 13.1. The van der Waals surface area contributed by atoms with Gasteiger partial charge >= 0.3 is 0 Å². The van der Waals surface area contributed by atoms with Crippen molar-refractivity contribution in [2.75, 3.05) is 6.54 Å². The van der Waals surface area contributed by atoms with Gasteiger partial charge in [0, 0.05) is 12.5 Å². The van der Waals surface area contributed by atoms with Crippen molar-refractivity contribution in [3.8, 4) is 0 Å². The lowest BCUT2D eigenvalue weighted by atomic mass is 9.84. The van der Waals surface area contributed by atoms with Gasteiger partial charge in [-0.3, -0.25) is 14.2 Å². The number of para-hydroxylation sites is 1. The van der Waals surface area contributed by atoms with Crippen molar-refractivity contribution >= 4 is 16.8 Å². The van der Waals surface area contributed by atoms with Crippen LogP contribution in [0.1, 0.15) is 44.0 Å². The molecule has 1 aliphatic heterocycles. The van der Waals surface area contributed by atoms with Gasteiger partial charge in [0.2, 0.25) is 5.91 Å². The van der Waals surface area contributed by atoms with Gasteiger partial charge in [-0.25, -0.2) is 13.8 Å². The summed E-state index contributed by atoms with van der Waals surface area (Å²) >= 11 is 0. The van der Waals surface area contributed by atoms with Crippen LogP contribution in [0, 0.1) is 5.92 Å². The van der Waals surface area contributed by atoms with E-state index >= 15 is 0 Å². The number of fused-ring (bicyclic) bond motifs is 1. The van der Waals surface area contributed by atoms with E-state index in [0.29, 0.717) is 29.7 Å². The van der Waals surface area contributed by atoms with Gasteiger partial charge < -0.3 is 4.90 Å². The van der Waals surface area contributed by atoms with Crippen LogP contribution in [-0.2, 0) is 11.3 Å². The summed E-state index contributed by atoms with van der Waals surface area (Å²) in [5.74, 6) is 0.398. The number of carbonyl (C=O) groups is 1. The lowest BCUT2D eigenvalue weighted by Crippen LogP contribution is -2.41. The van der Waals surface area contributed by atoms with Gasteiger partial charge in [0.15, 0.2) is 0 Å². The summed E-state index contributed by atoms with van der Waals surface area (Å²) in [6, 6.07) is 6.36. The molecule has 1 saturated heterocycles. The Morgan fingerprint density at radius 3 is 2.65 bits per heavy atom. The first-order chi connectivity index (χ1) is 12.6. The van der Waals surface area contributed by atoms with Gasteiger partial charge in [0.05, 0.1) is 23.5 Å². The second-order valence-electron chi connectivity index (χ2n) is 7.11. The first kappa shape index (κ1) is 17.1. The molecule has 7 heteroatoms. The van der Waals surface area contributed by atoms with E-state index in [0.717, 1.165) is 30.3 Å². The molecule has 0 spiro atoms. The van der Waals surface area contributed by atoms with Gasteiger partial charge in [-0.1, -0.05) is 18.6 Å². The third kappa shape index (κ3) is 2.89. The summed E-state index contributed by atoms with van der Waals surface area (Å²) in [4.78, 5) is 31.9. The predicted octanol–water partition coefficient (Wildman–Crippen LogP) is 3.13. The van der Waals surface area contributed by atoms with Crippen molar-refractivity contribution in [2.24, 2.45) is 5.92 Å². The van der Waals surface area contributed by atoms with Crippen LogP contribution in [0.5, 0.6) is 0 Å². The molecule has 0 bridgehead atoms. The van der Waals surface area contributed by atoms with Crippen LogP contribution in [0.3, 0.4) is 0 Å². The maximum atomic E-state index is 13.1. The summed E-state index contributed by atoms with van der Waals surface area (Å²) in [5, 5.41) is 0.326. The Balaban J connectivity index is 1.80. The smallest absolute Gasteiger partial charge is 0.261 e. The first-order valence-corrected chi connectivity index (χ1v) is 9.14. The Kier molecular flexibility index (Phi) is 4.46. The van der Waals surface area contributed by atoms with Crippen LogP contribution < -0.4 is 5.56 Å². The molecule has 1 saturated carbocycles. The van der Waals surface area contributed by atoms with Crippen molar-refractivity contribution in [3.05, 3.63) is 40.4 Å². The highest BCUT2D eigenvalue weighted by atomic mass is 19.3. The number of amides is 1. The first-order valence-electron chi connectivity index (χ1n) is 9.14. The molecule has 2 aromatic rings. The number of carbonyl (C=O) groups excluding carboxylic acids is 1. The highest BCUT2D eigenvalue weighted by Crippen LogP contribution is 2.36. The molecule has 1 amide bonds. The van der Waals surface area contributed by atoms with Crippen molar-refractivity contribution in [1.29, 1.82) is 0 Å². The van der Waals surface area contributed by atoms with Gasteiger partial charge in [0.25, 0.3) is 12.0 Å². The van der Waals surface area contributed by atoms with E-state index in [1.165, 1.54) is 0 Å². The number of benzene rings is 1. The summed E-state index contributed by atoms with van der Waals surface area (Å²) in [6.45, 7) is -0.106. The fourth-order valence-corrected chi connectivity index (χ4v) is 3.94. The molecule has 1 atom stereocenters. The minimum Gasteiger partial charge on any atom is -0.332 e. The third-order valence-electron chi connectivity index (χ3n) is 5.50. The maximum Gasteiger partial charge on any atom is 0.261 e. The van der Waals surface area contributed by atoms with E-state index in [1.807, 2.05) is 0 Å². The molecular weight excluding hydrogens is 340 g/mol. The molecule has 26 heavy (non-hydrogen) atoms. The zero-order valence-corrected chi connectivity index (χ0v) is 14.4. The monoisotopic (exact) mass is 361 g/mol. The van der Waals surface area contributed by atoms with E-state index < -0.39 is 24.6 Å². The average Bonchev–Trinajstić information content (AvgIpc) is 3.05. The number of nitrogens with zero attached hydrogens (tertiary/aromatic N) is 3. The molecule has 2 aliphatic rings. The SMILES string of the molecule is O=C(C1CCC1)N1CCCC1c1nc2ccccc2c(=O)n1CC(F)F. The van der Waals surface area contributed by atoms with Crippen molar-refractivity contribution < 1.29 is 13.6 Å². The number of rotatable bonds is 4. The van der Waals surface area contributed by atoms with E-state index in [1.54, 1.807) is 29.2 Å². The number of likely N-dealkylation sites (tertiary alicyclic amines) is 1. The Morgan fingerprint density at radius 1 is 1.19 bits per heavy atom. The number of hydrogen-bond acceptors (Lipinski definition) is 3. The second-order valence-corrected chi connectivity index (χ2v) is 7.11. The molecule has 0 radical (unpaired) electrons. The van der Waals surface area contributed by atoms with Crippen LogP contribution >= 0.6 is 0 Å². The molecule has 5 nitrogen and oxygen atoms in total. The van der Waals surface area contributed by atoms with E-state index in [2.05, 4.69) is 4.98 Å². The van der Waals surface area contributed by atoms with Crippen LogP contribution in [0.4, 0.5) is 8.78 Å². The van der Waals surface area contributed by atoms with Gasteiger partial charge in [0.1, 0.15) is 5.82 Å². The molecule has 0 N–H and O–H groups in total. The lowest BCUT2D eigenvalue weighted by molar-refractivity contribution is -0.139. The zero-order chi connectivity index (χ0) is 18.3. The fraction of sp³-hybridized carbons (Fsp3) is 0.526. The molecular formula is C19H21F2N3O2. The third-order valence-corrected chi connectivity index (χ3v) is 5.50. The normalized spacial score (nSPS) is 20.7. The van der Waals surface area contributed by atoms with Gasteiger partial charge in [-0.05, 0) is 37.8 Å². The van der Waals surface area contributed by atoms with Crippen molar-refractivity contribution in [1.82, 2.24) is 14.5 Å². The van der Waals surface area contributed by atoms with Crippen LogP contribution in [0.25, 0.3) is 10.9 Å². The summed E-state index contributed by atoms with van der Waals surface area (Å²) in [5.41, 5.74) is 0.0230. The fourth-order valence-electron chi connectivity index (χ4n) is 3.94. The predicted molar refractivity (Wildman–Crippen MR) is 93.0 cm³/mol. The molecule has 1 aromatic carbocycles. The number of alkyl halides is 2. The summed E-state index contributed by atoms with van der Waals surface area (Å²) < 4.78 is 27.4. The summed E-state index contributed by atoms with van der Waals surface area (Å²) in [6.07, 6.45) is 1.60. The van der Waals surface area contributed by atoms with Gasteiger partial charge in [-0.15, -0.1) is 0 Å². The van der Waals surface area contributed by atoms with E-state index in [-0.39, 0.29) is 11.8 Å². The second kappa shape index (κ2) is 6.78. The van der Waals surface area contributed by atoms with Crippen molar-refractivity contribution in [2.45, 2.75) is 51.1 Å². The molecule has 2 heterocycles. The number of hydrogen-bond donors (Lipinski definition) is 0. The number of halogens is 2. The topological polar surface area (TPSA) is 55.2 Å². The lowest BCUT2D eigenvalue weighted by Gasteiger charge is -2.33. The van der Waals surface area contributed by atoms with Crippen molar-refractivity contribution in [3.63, 3.8) is 0 Å². The van der Waals surface area contributed by atoms with Crippen LogP contribution in [0.15, 0.2) is 29.1 Å². The molecule has 2 fully saturated rings. The Bertz CT molecular complexity index is 892. The van der Waals surface area contributed by atoms with E-state index in [9.17, 15) is 18.4 Å². The minimum atomic E-state index is -2.66. The van der Waals surface area contributed by atoms with Crippen LogP contribution in [0.2, 0.25) is 0 Å². The van der Waals surface area contributed by atoms with E-state index in [4.69, 9.17) is 0 Å². The standard InChI is InChI=1S/C19H21F2N3O2/c20-16(21)11-24-17(22-14-8-2-1-7-13(14)19(24)26)15-9-4-10-23(15)18(25)12-5-3-6-12/h1-2,7-8,12,15-16H,3-6,9-11H2. The Hall–Kier alpha value is -2.31. The quantitative estimate of drug-likeness (QED) is 0.841. The molecule has 1 aliphatic carbocycles. The molecule has 1 aromatic heterocycles.